The van der Waals surface area contributed by atoms with Crippen LogP contribution in [0.2, 0.25) is 0 Å². The maximum absolute atomic E-state index is 5.80. The summed E-state index contributed by atoms with van der Waals surface area (Å²) >= 11 is 0. The predicted molar refractivity (Wildman–Crippen MR) is 101 cm³/mol. The molecule has 0 N–H and O–H groups in total. The highest BCUT2D eigenvalue weighted by Crippen LogP contribution is 2.37. The van der Waals surface area contributed by atoms with E-state index in [-0.39, 0.29) is 0 Å². The van der Waals surface area contributed by atoms with Crippen LogP contribution in [0.3, 0.4) is 0 Å². The molecule has 5 nitrogen and oxygen atoms in total. The lowest BCUT2D eigenvalue weighted by atomic mass is 9.95. The lowest BCUT2D eigenvalue weighted by Gasteiger charge is -2.16. The van der Waals surface area contributed by atoms with Gasteiger partial charge in [0.2, 0.25) is 5.71 Å². The van der Waals surface area contributed by atoms with E-state index < -0.39 is 0 Å². The fraction of sp³-hybridized carbons (Fsp3) is 0.333. The van der Waals surface area contributed by atoms with E-state index in [1.807, 2.05) is 26.0 Å². The molecule has 0 aliphatic heterocycles. The number of furan rings is 1. The Kier molecular flexibility index (Phi) is 3.32. The summed E-state index contributed by atoms with van der Waals surface area (Å²) in [6.45, 7) is 3.87. The van der Waals surface area contributed by atoms with Gasteiger partial charge in [-0.05, 0) is 69.4 Å². The lowest BCUT2D eigenvalue weighted by Crippen LogP contribution is -2.09. The van der Waals surface area contributed by atoms with Crippen molar-refractivity contribution >= 4 is 22.0 Å². The van der Waals surface area contributed by atoms with Gasteiger partial charge in [-0.15, -0.1) is 0 Å². The number of nitrogens with zero attached hydrogens (tertiary/aromatic N) is 3. The third-order valence-corrected chi connectivity index (χ3v) is 5.30. The molecule has 0 spiro atoms. The van der Waals surface area contributed by atoms with Crippen molar-refractivity contribution in [3.8, 4) is 11.6 Å². The molecule has 4 aromatic rings. The molecular weight excluding hydrogens is 326 g/mol. The number of rotatable bonds is 2. The molecule has 0 bridgehead atoms. The second-order valence-electron chi connectivity index (χ2n) is 7.02. The molecule has 0 radical (unpaired) electrons. The number of aromatic nitrogens is 3. The first kappa shape index (κ1) is 15.4. The number of hydrogen-bond acceptors (Lipinski definition) is 4. The van der Waals surface area contributed by atoms with Gasteiger partial charge in [0.05, 0.1) is 18.0 Å². The summed E-state index contributed by atoms with van der Waals surface area (Å²) in [5.41, 5.74) is 4.62. The van der Waals surface area contributed by atoms with Crippen LogP contribution >= 0.6 is 0 Å². The van der Waals surface area contributed by atoms with E-state index in [1.54, 1.807) is 7.11 Å². The van der Waals surface area contributed by atoms with Crippen molar-refractivity contribution in [1.82, 2.24) is 14.5 Å². The summed E-state index contributed by atoms with van der Waals surface area (Å²) in [7, 11) is 1.72. The molecule has 0 amide bonds. The van der Waals surface area contributed by atoms with Gasteiger partial charge in [-0.3, -0.25) is 4.57 Å². The van der Waals surface area contributed by atoms with Crippen molar-refractivity contribution in [2.24, 2.45) is 0 Å². The summed E-state index contributed by atoms with van der Waals surface area (Å²) in [5.74, 6) is 3.39. The Labute approximate surface area is 151 Å². The quantitative estimate of drug-likeness (QED) is 0.529. The molecular formula is C21H21N3O2. The van der Waals surface area contributed by atoms with Crippen LogP contribution in [-0.2, 0) is 12.8 Å². The standard InChI is InChI=1S/C21H21N3O2/c1-12-10-17-20(22-13(2)23-21(17)26-12)24-18-7-5-4-6-15(18)16-11-14(25-3)8-9-19(16)24/h8-11H,4-7H2,1-3H3. The van der Waals surface area contributed by atoms with Gasteiger partial charge < -0.3 is 9.15 Å². The fourth-order valence-corrected chi connectivity index (χ4v) is 4.19. The summed E-state index contributed by atoms with van der Waals surface area (Å²) in [5, 5.41) is 2.23. The van der Waals surface area contributed by atoms with Crippen LogP contribution in [0.25, 0.3) is 27.8 Å². The maximum Gasteiger partial charge on any atom is 0.231 e. The molecule has 1 aliphatic rings. The number of aryl methyl sites for hydroxylation is 3. The molecule has 26 heavy (non-hydrogen) atoms. The zero-order valence-corrected chi connectivity index (χ0v) is 15.3. The first-order valence-electron chi connectivity index (χ1n) is 9.11. The van der Waals surface area contributed by atoms with Gasteiger partial charge in [0.25, 0.3) is 0 Å². The fourth-order valence-electron chi connectivity index (χ4n) is 4.19. The van der Waals surface area contributed by atoms with Crippen molar-refractivity contribution in [2.75, 3.05) is 7.11 Å². The van der Waals surface area contributed by atoms with Crippen molar-refractivity contribution < 1.29 is 9.15 Å². The molecule has 5 heteroatoms. The van der Waals surface area contributed by atoms with Crippen molar-refractivity contribution in [3.63, 3.8) is 0 Å². The average molecular weight is 347 g/mol. The SMILES string of the molecule is COc1ccc2c(c1)c1c(n2-c2nc(C)nc3oc(C)cc23)CCCC1. The van der Waals surface area contributed by atoms with Crippen molar-refractivity contribution in [1.29, 1.82) is 0 Å². The molecule has 3 heterocycles. The predicted octanol–water partition coefficient (Wildman–Crippen LogP) is 4.67. The molecule has 0 fully saturated rings. The highest BCUT2D eigenvalue weighted by atomic mass is 16.5. The van der Waals surface area contributed by atoms with Gasteiger partial charge in [0.15, 0.2) is 5.82 Å². The van der Waals surface area contributed by atoms with E-state index in [9.17, 15) is 0 Å². The van der Waals surface area contributed by atoms with Crippen LogP contribution in [0.5, 0.6) is 5.75 Å². The molecule has 1 aromatic carbocycles. The molecule has 5 rings (SSSR count). The number of methoxy groups -OCH3 is 1. The van der Waals surface area contributed by atoms with E-state index in [2.05, 4.69) is 21.7 Å². The number of hydrogen-bond donors (Lipinski definition) is 0. The van der Waals surface area contributed by atoms with Gasteiger partial charge in [-0.2, -0.15) is 4.98 Å². The minimum Gasteiger partial charge on any atom is -0.497 e. The third-order valence-electron chi connectivity index (χ3n) is 5.30. The monoisotopic (exact) mass is 347 g/mol. The number of benzene rings is 1. The Balaban J connectivity index is 1.91. The largest absolute Gasteiger partial charge is 0.497 e. The van der Waals surface area contributed by atoms with E-state index >= 15 is 0 Å². The maximum atomic E-state index is 5.80. The van der Waals surface area contributed by atoms with Crippen LogP contribution in [0.4, 0.5) is 0 Å². The minimum atomic E-state index is 0.657. The zero-order valence-electron chi connectivity index (χ0n) is 15.3. The van der Waals surface area contributed by atoms with E-state index in [0.717, 1.165) is 41.4 Å². The van der Waals surface area contributed by atoms with Crippen LogP contribution < -0.4 is 4.74 Å². The van der Waals surface area contributed by atoms with Crippen LogP contribution in [0, 0.1) is 13.8 Å². The van der Waals surface area contributed by atoms with E-state index in [1.165, 1.54) is 35.0 Å². The molecule has 0 saturated heterocycles. The summed E-state index contributed by atoms with van der Waals surface area (Å²) in [4.78, 5) is 9.29. The van der Waals surface area contributed by atoms with Gasteiger partial charge in [0.1, 0.15) is 17.3 Å². The Bertz CT molecular complexity index is 1150. The van der Waals surface area contributed by atoms with Crippen LogP contribution in [0.1, 0.15) is 35.7 Å². The molecule has 0 saturated carbocycles. The van der Waals surface area contributed by atoms with Gasteiger partial charge in [-0.25, -0.2) is 4.98 Å². The number of ether oxygens (including phenoxy) is 1. The summed E-state index contributed by atoms with van der Waals surface area (Å²) in [6, 6.07) is 8.36. The molecule has 1 aliphatic carbocycles. The van der Waals surface area contributed by atoms with Gasteiger partial charge in [0, 0.05) is 11.1 Å². The molecule has 0 atom stereocenters. The van der Waals surface area contributed by atoms with Crippen molar-refractivity contribution in [2.45, 2.75) is 39.5 Å². The van der Waals surface area contributed by atoms with E-state index in [4.69, 9.17) is 14.1 Å². The average Bonchev–Trinajstić information content (AvgIpc) is 3.17. The normalized spacial score (nSPS) is 14.1. The van der Waals surface area contributed by atoms with Gasteiger partial charge >= 0.3 is 0 Å². The summed E-state index contributed by atoms with van der Waals surface area (Å²) in [6.07, 6.45) is 4.60. The minimum absolute atomic E-state index is 0.657. The Morgan fingerprint density at radius 3 is 2.73 bits per heavy atom. The van der Waals surface area contributed by atoms with Crippen LogP contribution in [0.15, 0.2) is 28.7 Å². The Hall–Kier alpha value is -2.82. The highest BCUT2D eigenvalue weighted by molar-refractivity contribution is 5.92. The Morgan fingerprint density at radius 1 is 1.04 bits per heavy atom. The smallest absolute Gasteiger partial charge is 0.231 e. The summed E-state index contributed by atoms with van der Waals surface area (Å²) < 4.78 is 13.6. The topological polar surface area (TPSA) is 53.1 Å². The first-order valence-corrected chi connectivity index (χ1v) is 9.11. The zero-order chi connectivity index (χ0) is 17.8. The first-order chi connectivity index (χ1) is 12.7. The highest BCUT2D eigenvalue weighted by Gasteiger charge is 2.24. The molecule has 132 valence electrons. The van der Waals surface area contributed by atoms with Gasteiger partial charge in [-0.1, -0.05) is 0 Å². The molecule has 3 aromatic heterocycles. The third kappa shape index (κ3) is 2.16. The second-order valence-corrected chi connectivity index (χ2v) is 7.02. The van der Waals surface area contributed by atoms with E-state index in [0.29, 0.717) is 5.71 Å². The lowest BCUT2D eigenvalue weighted by molar-refractivity contribution is 0.415. The number of fused-ring (bicyclic) bond motifs is 4. The second kappa shape index (κ2) is 5.59. The van der Waals surface area contributed by atoms with Crippen molar-refractivity contribution in [3.05, 3.63) is 47.1 Å². The van der Waals surface area contributed by atoms with Crippen LogP contribution in [-0.4, -0.2) is 21.6 Å². The Morgan fingerprint density at radius 2 is 1.88 bits per heavy atom. The molecule has 0 unspecified atom stereocenters.